The summed E-state index contributed by atoms with van der Waals surface area (Å²) >= 11 is 0. The number of methoxy groups -OCH3 is 3. The summed E-state index contributed by atoms with van der Waals surface area (Å²) < 4.78 is 21.2. The van der Waals surface area contributed by atoms with E-state index in [0.717, 1.165) is 0 Å². The van der Waals surface area contributed by atoms with Gasteiger partial charge in [0, 0.05) is 27.8 Å². The Bertz CT molecular complexity index is 289. The third-order valence-electron chi connectivity index (χ3n) is 3.02. The van der Waals surface area contributed by atoms with E-state index in [0.29, 0.717) is 6.42 Å². The van der Waals surface area contributed by atoms with E-state index in [-0.39, 0.29) is 36.8 Å². The Morgan fingerprint density at radius 3 is 2.44 bits per heavy atom. The van der Waals surface area contributed by atoms with Gasteiger partial charge in [-0.1, -0.05) is 12.2 Å². The van der Waals surface area contributed by atoms with E-state index in [1.165, 1.54) is 0 Å². The van der Waals surface area contributed by atoms with Crippen molar-refractivity contribution in [3.05, 3.63) is 12.2 Å². The molecule has 0 aliphatic carbocycles. The van der Waals surface area contributed by atoms with E-state index in [2.05, 4.69) is 0 Å². The number of ether oxygens (including phenoxy) is 4. The molecule has 0 aromatic heterocycles. The SMILES string of the molecule is COC1C=CC(OC)C(OC)CC(=O)OC(C)C1. The number of cyclic esters (lactones) is 1. The Morgan fingerprint density at radius 1 is 1.17 bits per heavy atom. The Morgan fingerprint density at radius 2 is 1.89 bits per heavy atom. The highest BCUT2D eigenvalue weighted by atomic mass is 16.6. The number of esters is 1. The molecule has 5 heteroatoms. The van der Waals surface area contributed by atoms with E-state index in [9.17, 15) is 4.79 Å². The molecular formula is C13H22O5. The second-order valence-electron chi connectivity index (χ2n) is 4.37. The smallest absolute Gasteiger partial charge is 0.308 e. The second-order valence-corrected chi connectivity index (χ2v) is 4.37. The lowest BCUT2D eigenvalue weighted by Gasteiger charge is -2.25. The lowest BCUT2D eigenvalue weighted by Crippen LogP contribution is -2.34. The molecule has 5 nitrogen and oxygen atoms in total. The molecule has 4 atom stereocenters. The van der Waals surface area contributed by atoms with Crippen LogP contribution in [-0.4, -0.2) is 51.7 Å². The summed E-state index contributed by atoms with van der Waals surface area (Å²) in [5.74, 6) is -0.276. The van der Waals surface area contributed by atoms with Crippen LogP contribution in [0.25, 0.3) is 0 Å². The van der Waals surface area contributed by atoms with Crippen molar-refractivity contribution in [3.8, 4) is 0 Å². The quantitative estimate of drug-likeness (QED) is 0.564. The van der Waals surface area contributed by atoms with Crippen LogP contribution >= 0.6 is 0 Å². The summed E-state index contributed by atoms with van der Waals surface area (Å²) in [6.07, 6.45) is 3.72. The van der Waals surface area contributed by atoms with Crippen LogP contribution in [0.4, 0.5) is 0 Å². The van der Waals surface area contributed by atoms with Crippen molar-refractivity contribution in [1.29, 1.82) is 0 Å². The zero-order valence-electron chi connectivity index (χ0n) is 11.4. The molecular weight excluding hydrogens is 236 g/mol. The number of carbonyl (C=O) groups excluding carboxylic acids is 1. The van der Waals surface area contributed by atoms with E-state index in [1.807, 2.05) is 19.1 Å². The number of hydrogen-bond donors (Lipinski definition) is 0. The Kier molecular flexibility index (Phi) is 6.32. The first-order valence-corrected chi connectivity index (χ1v) is 6.06. The van der Waals surface area contributed by atoms with Crippen molar-refractivity contribution >= 4 is 5.97 Å². The van der Waals surface area contributed by atoms with Crippen LogP contribution in [0.15, 0.2) is 12.2 Å². The molecule has 4 unspecified atom stereocenters. The van der Waals surface area contributed by atoms with E-state index < -0.39 is 0 Å². The minimum atomic E-state index is -0.346. The monoisotopic (exact) mass is 258 g/mol. The fourth-order valence-electron chi connectivity index (χ4n) is 1.99. The topological polar surface area (TPSA) is 54.0 Å². The van der Waals surface area contributed by atoms with Gasteiger partial charge in [0.2, 0.25) is 0 Å². The predicted octanol–water partition coefficient (Wildman–Crippen LogP) is 1.31. The van der Waals surface area contributed by atoms with Crippen LogP contribution in [0.1, 0.15) is 19.8 Å². The Balaban J connectivity index is 2.87. The standard InChI is InChI=1S/C13H22O5/c1-9-7-10(15-2)5-6-11(16-3)12(17-4)8-13(14)18-9/h5-6,9-12H,7-8H2,1-4H3. The zero-order chi connectivity index (χ0) is 13.5. The molecule has 0 saturated heterocycles. The van der Waals surface area contributed by atoms with Gasteiger partial charge in [0.1, 0.15) is 12.2 Å². The van der Waals surface area contributed by atoms with Crippen LogP contribution in [0, 0.1) is 0 Å². The molecule has 0 N–H and O–H groups in total. The lowest BCUT2D eigenvalue weighted by atomic mass is 10.1. The Hall–Kier alpha value is -0.910. The fourth-order valence-corrected chi connectivity index (χ4v) is 1.99. The largest absolute Gasteiger partial charge is 0.462 e. The van der Waals surface area contributed by atoms with E-state index in [1.54, 1.807) is 21.3 Å². The maximum absolute atomic E-state index is 11.7. The minimum absolute atomic E-state index is 0.0962. The number of carbonyl (C=O) groups is 1. The van der Waals surface area contributed by atoms with E-state index in [4.69, 9.17) is 18.9 Å². The van der Waals surface area contributed by atoms with Crippen molar-refractivity contribution in [2.75, 3.05) is 21.3 Å². The highest BCUT2D eigenvalue weighted by Crippen LogP contribution is 2.16. The fraction of sp³-hybridized carbons (Fsp3) is 0.769. The molecule has 1 aliphatic rings. The van der Waals surface area contributed by atoms with Gasteiger partial charge in [-0.2, -0.15) is 0 Å². The van der Waals surface area contributed by atoms with Gasteiger partial charge in [-0.3, -0.25) is 4.79 Å². The summed E-state index contributed by atoms with van der Waals surface area (Å²) in [5, 5.41) is 0. The first-order valence-electron chi connectivity index (χ1n) is 6.06. The molecule has 0 aromatic rings. The minimum Gasteiger partial charge on any atom is -0.462 e. The molecule has 0 spiro atoms. The lowest BCUT2D eigenvalue weighted by molar-refractivity contribution is -0.154. The van der Waals surface area contributed by atoms with Gasteiger partial charge >= 0.3 is 5.97 Å². The van der Waals surface area contributed by atoms with Gasteiger partial charge in [-0.05, 0) is 6.92 Å². The van der Waals surface area contributed by atoms with Crippen LogP contribution in [0.5, 0.6) is 0 Å². The molecule has 18 heavy (non-hydrogen) atoms. The molecule has 1 rings (SSSR count). The summed E-state index contributed by atoms with van der Waals surface area (Å²) in [6.45, 7) is 1.86. The van der Waals surface area contributed by atoms with Crippen molar-refractivity contribution in [2.45, 2.75) is 44.2 Å². The van der Waals surface area contributed by atoms with Gasteiger partial charge in [0.25, 0.3) is 0 Å². The van der Waals surface area contributed by atoms with Crippen LogP contribution in [0.2, 0.25) is 0 Å². The van der Waals surface area contributed by atoms with E-state index >= 15 is 0 Å². The average Bonchev–Trinajstić information content (AvgIpc) is 2.35. The highest BCUT2D eigenvalue weighted by Gasteiger charge is 2.26. The molecule has 0 fully saturated rings. The van der Waals surface area contributed by atoms with Crippen molar-refractivity contribution in [2.24, 2.45) is 0 Å². The third-order valence-corrected chi connectivity index (χ3v) is 3.02. The number of hydrogen-bond acceptors (Lipinski definition) is 5. The maximum atomic E-state index is 11.7. The molecule has 0 saturated carbocycles. The summed E-state index contributed by atoms with van der Waals surface area (Å²) in [6, 6.07) is 0. The van der Waals surface area contributed by atoms with Gasteiger partial charge < -0.3 is 18.9 Å². The summed E-state index contributed by atoms with van der Waals surface area (Å²) in [4.78, 5) is 11.7. The summed E-state index contributed by atoms with van der Waals surface area (Å²) in [7, 11) is 4.77. The summed E-state index contributed by atoms with van der Waals surface area (Å²) in [5.41, 5.74) is 0. The van der Waals surface area contributed by atoms with Crippen LogP contribution < -0.4 is 0 Å². The zero-order valence-corrected chi connectivity index (χ0v) is 11.4. The first-order chi connectivity index (χ1) is 8.60. The molecule has 0 bridgehead atoms. The molecule has 1 heterocycles. The average molecular weight is 258 g/mol. The van der Waals surface area contributed by atoms with Gasteiger partial charge in [-0.15, -0.1) is 0 Å². The predicted molar refractivity (Wildman–Crippen MR) is 66.3 cm³/mol. The van der Waals surface area contributed by atoms with Gasteiger partial charge in [0.05, 0.1) is 18.6 Å². The third kappa shape index (κ3) is 4.40. The molecule has 0 radical (unpaired) electrons. The van der Waals surface area contributed by atoms with Crippen molar-refractivity contribution in [3.63, 3.8) is 0 Å². The second kappa shape index (κ2) is 7.51. The van der Waals surface area contributed by atoms with Crippen molar-refractivity contribution in [1.82, 2.24) is 0 Å². The molecule has 104 valence electrons. The first kappa shape index (κ1) is 15.1. The van der Waals surface area contributed by atoms with Gasteiger partial charge in [0.15, 0.2) is 0 Å². The van der Waals surface area contributed by atoms with Gasteiger partial charge in [-0.25, -0.2) is 0 Å². The molecule has 1 aliphatic heterocycles. The molecule has 0 aromatic carbocycles. The Labute approximate surface area is 108 Å². The van der Waals surface area contributed by atoms with Crippen LogP contribution in [-0.2, 0) is 23.7 Å². The highest BCUT2D eigenvalue weighted by molar-refractivity contribution is 5.70. The molecule has 0 amide bonds. The number of rotatable bonds is 3. The van der Waals surface area contributed by atoms with Crippen LogP contribution in [0.3, 0.4) is 0 Å². The van der Waals surface area contributed by atoms with Crippen molar-refractivity contribution < 1.29 is 23.7 Å². The normalized spacial score (nSPS) is 34.1. The maximum Gasteiger partial charge on any atom is 0.308 e.